The Morgan fingerprint density at radius 2 is 1.83 bits per heavy atom. The van der Waals surface area contributed by atoms with Gasteiger partial charge in [0, 0.05) is 27.7 Å². The summed E-state index contributed by atoms with van der Waals surface area (Å²) in [4.78, 5) is 4.70. The van der Waals surface area contributed by atoms with E-state index in [1.54, 1.807) is 0 Å². The van der Waals surface area contributed by atoms with E-state index in [1.807, 2.05) is 0 Å². The fourth-order valence-electron chi connectivity index (χ4n) is 5.18. The number of hydrogen-bond acceptors (Lipinski definition) is 4. The van der Waals surface area contributed by atoms with Crippen molar-refractivity contribution < 1.29 is 5.11 Å². The minimum absolute atomic E-state index is 0.145. The second kappa shape index (κ2) is 6.42. The highest BCUT2D eigenvalue weighted by Gasteiger charge is 2.57. The summed E-state index contributed by atoms with van der Waals surface area (Å²) in [5, 5.41) is 13.3. The lowest BCUT2D eigenvalue weighted by Gasteiger charge is -2.47. The molecular weight excluding hydrogens is 328 g/mol. The Balaban J connectivity index is 1.58. The first kappa shape index (κ1) is 16.5. The van der Waals surface area contributed by atoms with Gasteiger partial charge in [-0.15, -0.1) is 11.6 Å². The average Bonchev–Trinajstić information content (AvgIpc) is 2.76. The first-order valence-electron chi connectivity index (χ1n) is 9.44. The number of thioether (sulfide) groups is 1. The van der Waals surface area contributed by atoms with Crippen molar-refractivity contribution in [2.45, 2.75) is 91.7 Å². The molecule has 0 amide bonds. The molecule has 5 heteroatoms. The first-order chi connectivity index (χ1) is 11.1. The minimum Gasteiger partial charge on any atom is -0.385 e. The maximum atomic E-state index is 11.7. The van der Waals surface area contributed by atoms with Gasteiger partial charge in [0.15, 0.2) is 0 Å². The standard InChI is InChI=1S/C18H29ClN2OS/c19-11-8-9-15-14(10-11)18(22,17(20)21-15)13-6-1-2-7-16(13)23-12-4-3-5-12/h11-16,22H,1-10H2,(H2,20,21). The largest absolute Gasteiger partial charge is 0.385 e. The number of nitrogens with two attached hydrogens (primary N) is 1. The molecule has 0 saturated heterocycles. The van der Waals surface area contributed by atoms with Crippen molar-refractivity contribution >= 4 is 29.2 Å². The molecule has 0 radical (unpaired) electrons. The van der Waals surface area contributed by atoms with Gasteiger partial charge in [0.2, 0.25) is 0 Å². The molecule has 0 aromatic carbocycles. The maximum Gasteiger partial charge on any atom is 0.130 e. The molecule has 4 rings (SSSR count). The molecule has 0 spiro atoms. The maximum absolute atomic E-state index is 11.7. The van der Waals surface area contributed by atoms with Crippen LogP contribution in [0.4, 0.5) is 0 Å². The molecule has 0 aromatic rings. The zero-order valence-electron chi connectivity index (χ0n) is 13.8. The Morgan fingerprint density at radius 1 is 1.04 bits per heavy atom. The molecule has 3 N–H and O–H groups in total. The smallest absolute Gasteiger partial charge is 0.130 e. The van der Waals surface area contributed by atoms with E-state index in [0.29, 0.717) is 11.1 Å². The van der Waals surface area contributed by atoms with Crippen molar-refractivity contribution in [1.29, 1.82) is 0 Å². The lowest BCUT2D eigenvalue weighted by atomic mass is 9.66. The van der Waals surface area contributed by atoms with Crippen molar-refractivity contribution in [3.05, 3.63) is 0 Å². The van der Waals surface area contributed by atoms with Crippen LogP contribution in [0.2, 0.25) is 0 Å². The van der Waals surface area contributed by atoms with Crippen LogP contribution in [0.3, 0.4) is 0 Å². The van der Waals surface area contributed by atoms with E-state index in [9.17, 15) is 5.11 Å². The molecule has 1 heterocycles. The van der Waals surface area contributed by atoms with Crippen LogP contribution in [0, 0.1) is 11.8 Å². The molecule has 130 valence electrons. The van der Waals surface area contributed by atoms with Crippen LogP contribution in [-0.2, 0) is 0 Å². The van der Waals surface area contributed by atoms with Crippen LogP contribution in [0.1, 0.15) is 64.2 Å². The lowest BCUT2D eigenvalue weighted by Crippen LogP contribution is -2.58. The molecule has 4 aliphatic rings. The fourth-order valence-corrected chi connectivity index (χ4v) is 7.44. The SMILES string of the molecule is NC1=NC2CCC(Cl)CC2C1(O)C1CCCCC1SC1CCC1. The van der Waals surface area contributed by atoms with Gasteiger partial charge in [-0.25, -0.2) is 0 Å². The Bertz CT molecular complexity index is 484. The second-order valence-corrected chi connectivity index (χ2v) is 10.2. The number of rotatable bonds is 3. The molecule has 0 aromatic heterocycles. The third kappa shape index (κ3) is 2.83. The van der Waals surface area contributed by atoms with Crippen molar-refractivity contribution in [2.24, 2.45) is 22.6 Å². The molecule has 3 fully saturated rings. The van der Waals surface area contributed by atoms with E-state index in [4.69, 9.17) is 22.3 Å². The normalized spacial score (nSPS) is 47.7. The number of alkyl halides is 1. The lowest BCUT2D eigenvalue weighted by molar-refractivity contribution is -0.0264. The van der Waals surface area contributed by atoms with Crippen LogP contribution in [0.25, 0.3) is 0 Å². The molecule has 0 bridgehead atoms. The number of hydrogen-bond donors (Lipinski definition) is 2. The van der Waals surface area contributed by atoms with Crippen molar-refractivity contribution in [3.8, 4) is 0 Å². The number of aliphatic imine (C=N–C) groups is 1. The average molecular weight is 357 g/mol. The van der Waals surface area contributed by atoms with Gasteiger partial charge < -0.3 is 10.8 Å². The molecule has 3 saturated carbocycles. The van der Waals surface area contributed by atoms with Gasteiger partial charge in [0.25, 0.3) is 0 Å². The van der Waals surface area contributed by atoms with E-state index < -0.39 is 5.60 Å². The summed E-state index contributed by atoms with van der Waals surface area (Å²) < 4.78 is 0. The van der Waals surface area contributed by atoms with Gasteiger partial charge in [0.1, 0.15) is 11.4 Å². The van der Waals surface area contributed by atoms with E-state index in [-0.39, 0.29) is 23.3 Å². The number of aliphatic hydroxyl groups is 1. The van der Waals surface area contributed by atoms with Crippen molar-refractivity contribution in [3.63, 3.8) is 0 Å². The van der Waals surface area contributed by atoms with Gasteiger partial charge in [-0.05, 0) is 44.9 Å². The van der Waals surface area contributed by atoms with Gasteiger partial charge in [-0.1, -0.05) is 19.3 Å². The molecule has 6 atom stereocenters. The zero-order chi connectivity index (χ0) is 16.0. The summed E-state index contributed by atoms with van der Waals surface area (Å²) in [7, 11) is 0. The van der Waals surface area contributed by atoms with Gasteiger partial charge in [0.05, 0.1) is 6.04 Å². The van der Waals surface area contributed by atoms with E-state index in [1.165, 1.54) is 38.5 Å². The van der Waals surface area contributed by atoms with Crippen LogP contribution < -0.4 is 5.73 Å². The Hall–Kier alpha value is 0.0700. The third-order valence-electron chi connectivity index (χ3n) is 6.72. The highest BCUT2D eigenvalue weighted by molar-refractivity contribution is 8.00. The number of nitrogens with zero attached hydrogens (tertiary/aromatic N) is 1. The summed E-state index contributed by atoms with van der Waals surface area (Å²) in [5.74, 6) is 0.929. The van der Waals surface area contributed by atoms with Crippen molar-refractivity contribution in [2.75, 3.05) is 0 Å². The monoisotopic (exact) mass is 356 g/mol. The number of fused-ring (bicyclic) bond motifs is 1. The van der Waals surface area contributed by atoms with Crippen LogP contribution >= 0.6 is 23.4 Å². The van der Waals surface area contributed by atoms with Crippen LogP contribution in [0.5, 0.6) is 0 Å². The van der Waals surface area contributed by atoms with E-state index in [0.717, 1.165) is 30.9 Å². The highest BCUT2D eigenvalue weighted by atomic mass is 35.5. The molecule has 3 nitrogen and oxygen atoms in total. The van der Waals surface area contributed by atoms with Gasteiger partial charge >= 0.3 is 0 Å². The zero-order valence-corrected chi connectivity index (χ0v) is 15.4. The van der Waals surface area contributed by atoms with E-state index >= 15 is 0 Å². The summed E-state index contributed by atoms with van der Waals surface area (Å²) in [6.07, 6.45) is 11.7. The Labute approximate surface area is 148 Å². The Morgan fingerprint density at radius 3 is 2.57 bits per heavy atom. The number of amidine groups is 1. The summed E-state index contributed by atoms with van der Waals surface area (Å²) >= 11 is 8.58. The van der Waals surface area contributed by atoms with E-state index in [2.05, 4.69) is 11.8 Å². The van der Waals surface area contributed by atoms with Crippen molar-refractivity contribution in [1.82, 2.24) is 0 Å². The van der Waals surface area contributed by atoms with Crippen LogP contribution in [0.15, 0.2) is 4.99 Å². The Kier molecular flexibility index (Phi) is 4.61. The van der Waals surface area contributed by atoms with Crippen LogP contribution in [-0.4, -0.2) is 38.5 Å². The first-order valence-corrected chi connectivity index (χ1v) is 10.8. The predicted octanol–water partition coefficient (Wildman–Crippen LogP) is 3.71. The third-order valence-corrected chi connectivity index (χ3v) is 8.88. The fraction of sp³-hybridized carbons (Fsp3) is 0.944. The molecule has 3 aliphatic carbocycles. The quantitative estimate of drug-likeness (QED) is 0.758. The molecular formula is C18H29ClN2OS. The topological polar surface area (TPSA) is 58.6 Å². The number of halogens is 1. The summed E-state index contributed by atoms with van der Waals surface area (Å²) in [6.45, 7) is 0. The summed E-state index contributed by atoms with van der Waals surface area (Å²) in [5.41, 5.74) is 5.43. The molecule has 23 heavy (non-hydrogen) atoms. The molecule has 6 unspecified atom stereocenters. The molecule has 1 aliphatic heterocycles. The predicted molar refractivity (Wildman–Crippen MR) is 98.3 cm³/mol. The minimum atomic E-state index is -0.903. The van der Waals surface area contributed by atoms with Gasteiger partial charge in [-0.3, -0.25) is 4.99 Å². The summed E-state index contributed by atoms with van der Waals surface area (Å²) in [6, 6.07) is 0.200. The van der Waals surface area contributed by atoms with Gasteiger partial charge in [-0.2, -0.15) is 11.8 Å². The second-order valence-electron chi connectivity index (χ2n) is 8.04. The highest BCUT2D eigenvalue weighted by Crippen LogP contribution is 2.52.